The standard InChI is InChI=1S/C18H11ClN2O3S/c19-14-5-6-15(12-4-2-1-3-11(12)14)24-16(22)9-21-10-20-17-13(18(21)23)7-8-25-17/h1-8,10H,9H2. The van der Waals surface area contributed by atoms with Crippen LogP contribution >= 0.6 is 22.9 Å². The number of ether oxygens (including phenoxy) is 1. The lowest BCUT2D eigenvalue weighted by atomic mass is 10.1. The molecule has 0 saturated carbocycles. The molecule has 7 heteroatoms. The lowest BCUT2D eigenvalue weighted by Crippen LogP contribution is -2.26. The van der Waals surface area contributed by atoms with Crippen LogP contribution in [0.3, 0.4) is 0 Å². The van der Waals surface area contributed by atoms with Gasteiger partial charge in [-0.15, -0.1) is 11.3 Å². The molecule has 2 heterocycles. The van der Waals surface area contributed by atoms with Crippen LogP contribution in [0.5, 0.6) is 5.75 Å². The molecule has 0 saturated heterocycles. The summed E-state index contributed by atoms with van der Waals surface area (Å²) in [4.78, 5) is 29.5. The van der Waals surface area contributed by atoms with Crippen LogP contribution < -0.4 is 10.3 Å². The minimum Gasteiger partial charge on any atom is -0.425 e. The molecule has 2 aromatic carbocycles. The predicted molar refractivity (Wildman–Crippen MR) is 98.5 cm³/mol. The number of esters is 1. The maximum Gasteiger partial charge on any atom is 0.331 e. The normalized spacial score (nSPS) is 11.1. The van der Waals surface area contributed by atoms with Crippen molar-refractivity contribution in [3.63, 3.8) is 0 Å². The van der Waals surface area contributed by atoms with E-state index in [2.05, 4.69) is 4.98 Å². The Morgan fingerprint density at radius 2 is 1.92 bits per heavy atom. The fraction of sp³-hybridized carbons (Fsp3) is 0.0556. The molecule has 124 valence electrons. The zero-order valence-electron chi connectivity index (χ0n) is 12.8. The summed E-state index contributed by atoms with van der Waals surface area (Å²) in [5, 5.41) is 4.41. The number of carbonyl (C=O) groups is 1. The van der Waals surface area contributed by atoms with Gasteiger partial charge in [0.15, 0.2) is 0 Å². The second kappa shape index (κ2) is 6.31. The third-order valence-corrected chi connectivity index (χ3v) is 4.95. The highest BCUT2D eigenvalue weighted by Crippen LogP contribution is 2.31. The summed E-state index contributed by atoms with van der Waals surface area (Å²) in [6, 6.07) is 12.4. The number of hydrogen-bond donors (Lipinski definition) is 0. The van der Waals surface area contributed by atoms with E-state index in [1.165, 1.54) is 22.2 Å². The van der Waals surface area contributed by atoms with Crippen LogP contribution in [0.15, 0.2) is 59.0 Å². The molecule has 0 radical (unpaired) electrons. The van der Waals surface area contributed by atoms with Crippen molar-refractivity contribution in [3.8, 4) is 5.75 Å². The highest BCUT2D eigenvalue weighted by atomic mass is 35.5. The third-order valence-electron chi connectivity index (χ3n) is 3.80. The van der Waals surface area contributed by atoms with Gasteiger partial charge in [-0.3, -0.25) is 9.36 Å². The van der Waals surface area contributed by atoms with Crippen LogP contribution in [0.2, 0.25) is 5.02 Å². The van der Waals surface area contributed by atoms with Crippen LogP contribution in [0, 0.1) is 0 Å². The molecular formula is C18H11ClN2O3S. The molecule has 0 aliphatic heterocycles. The van der Waals surface area contributed by atoms with E-state index in [0.717, 1.165) is 10.8 Å². The maximum atomic E-state index is 12.3. The van der Waals surface area contributed by atoms with E-state index in [0.29, 0.717) is 21.0 Å². The van der Waals surface area contributed by atoms with E-state index < -0.39 is 5.97 Å². The Morgan fingerprint density at radius 1 is 1.12 bits per heavy atom. The van der Waals surface area contributed by atoms with E-state index in [4.69, 9.17) is 16.3 Å². The molecule has 4 rings (SSSR count). The van der Waals surface area contributed by atoms with Gasteiger partial charge < -0.3 is 4.74 Å². The minimum absolute atomic E-state index is 0.214. The number of carbonyl (C=O) groups excluding carboxylic acids is 1. The summed E-state index contributed by atoms with van der Waals surface area (Å²) in [5.74, 6) is -0.145. The van der Waals surface area contributed by atoms with Crippen LogP contribution in [-0.4, -0.2) is 15.5 Å². The molecule has 0 fully saturated rings. The highest BCUT2D eigenvalue weighted by Gasteiger charge is 2.13. The van der Waals surface area contributed by atoms with E-state index in [9.17, 15) is 9.59 Å². The summed E-state index contributed by atoms with van der Waals surface area (Å²) in [6.07, 6.45) is 1.36. The van der Waals surface area contributed by atoms with E-state index in [1.807, 2.05) is 24.3 Å². The third kappa shape index (κ3) is 2.90. The van der Waals surface area contributed by atoms with Gasteiger partial charge in [0, 0.05) is 15.8 Å². The van der Waals surface area contributed by atoms with Crippen LogP contribution in [0.25, 0.3) is 21.0 Å². The molecule has 0 amide bonds. The number of nitrogens with zero attached hydrogens (tertiary/aromatic N) is 2. The molecule has 4 aromatic rings. The quantitative estimate of drug-likeness (QED) is 0.405. The Kier molecular flexibility index (Phi) is 3.99. The van der Waals surface area contributed by atoms with Crippen molar-refractivity contribution in [1.82, 2.24) is 9.55 Å². The molecule has 2 aromatic heterocycles. The molecule has 25 heavy (non-hydrogen) atoms. The second-order valence-electron chi connectivity index (χ2n) is 5.38. The van der Waals surface area contributed by atoms with Gasteiger partial charge in [0.25, 0.3) is 5.56 Å². The van der Waals surface area contributed by atoms with Crippen LogP contribution in [-0.2, 0) is 11.3 Å². The van der Waals surface area contributed by atoms with Crippen molar-refractivity contribution >= 4 is 49.9 Å². The highest BCUT2D eigenvalue weighted by molar-refractivity contribution is 7.16. The number of fused-ring (bicyclic) bond motifs is 2. The van der Waals surface area contributed by atoms with E-state index in [1.54, 1.807) is 23.6 Å². The van der Waals surface area contributed by atoms with Gasteiger partial charge in [-0.25, -0.2) is 9.78 Å². The van der Waals surface area contributed by atoms with Crippen molar-refractivity contribution in [1.29, 1.82) is 0 Å². The first-order chi connectivity index (χ1) is 12.1. The van der Waals surface area contributed by atoms with Crippen LogP contribution in [0.4, 0.5) is 0 Å². The average molecular weight is 371 g/mol. The van der Waals surface area contributed by atoms with Gasteiger partial charge in [-0.05, 0) is 23.6 Å². The second-order valence-corrected chi connectivity index (χ2v) is 6.68. The monoisotopic (exact) mass is 370 g/mol. The van der Waals surface area contributed by atoms with Crippen molar-refractivity contribution in [2.24, 2.45) is 0 Å². The summed E-state index contributed by atoms with van der Waals surface area (Å²) < 4.78 is 6.70. The zero-order chi connectivity index (χ0) is 17.4. The van der Waals surface area contributed by atoms with Gasteiger partial charge in [-0.2, -0.15) is 0 Å². The Morgan fingerprint density at radius 3 is 2.76 bits per heavy atom. The fourth-order valence-corrected chi connectivity index (χ4v) is 3.57. The lowest BCUT2D eigenvalue weighted by Gasteiger charge is -2.09. The molecule has 0 aliphatic carbocycles. The smallest absolute Gasteiger partial charge is 0.331 e. The van der Waals surface area contributed by atoms with Gasteiger partial charge in [-0.1, -0.05) is 35.9 Å². The number of hydrogen-bond acceptors (Lipinski definition) is 5. The van der Waals surface area contributed by atoms with Crippen molar-refractivity contribution in [2.75, 3.05) is 0 Å². The largest absolute Gasteiger partial charge is 0.425 e. The Bertz CT molecular complexity index is 1170. The van der Waals surface area contributed by atoms with Crippen molar-refractivity contribution in [2.45, 2.75) is 6.54 Å². The predicted octanol–water partition coefficient (Wildman–Crippen LogP) is 3.87. The summed E-state index contributed by atoms with van der Waals surface area (Å²) in [7, 11) is 0. The Labute approximate surface area is 151 Å². The van der Waals surface area contributed by atoms with Crippen molar-refractivity contribution < 1.29 is 9.53 Å². The van der Waals surface area contributed by atoms with Gasteiger partial charge in [0.1, 0.15) is 17.1 Å². The SMILES string of the molecule is O=C(Cn1cnc2sccc2c1=O)Oc1ccc(Cl)c2ccccc12. The van der Waals surface area contributed by atoms with Gasteiger partial charge in [0.2, 0.25) is 0 Å². The Hall–Kier alpha value is -2.70. The molecule has 0 bridgehead atoms. The maximum absolute atomic E-state index is 12.3. The van der Waals surface area contributed by atoms with Gasteiger partial charge in [0.05, 0.1) is 11.7 Å². The molecule has 0 N–H and O–H groups in total. The van der Waals surface area contributed by atoms with E-state index in [-0.39, 0.29) is 12.1 Å². The summed E-state index contributed by atoms with van der Waals surface area (Å²) >= 11 is 7.55. The Balaban J connectivity index is 1.63. The van der Waals surface area contributed by atoms with E-state index >= 15 is 0 Å². The fourth-order valence-electron chi connectivity index (χ4n) is 2.62. The molecule has 0 spiro atoms. The number of benzene rings is 2. The average Bonchev–Trinajstić information content (AvgIpc) is 3.10. The lowest BCUT2D eigenvalue weighted by molar-refractivity contribution is -0.135. The summed E-state index contributed by atoms with van der Waals surface area (Å²) in [5.41, 5.74) is -0.260. The van der Waals surface area contributed by atoms with Crippen molar-refractivity contribution in [3.05, 3.63) is 69.5 Å². The first-order valence-corrected chi connectivity index (χ1v) is 8.70. The zero-order valence-corrected chi connectivity index (χ0v) is 14.4. The number of halogens is 1. The molecular weight excluding hydrogens is 360 g/mol. The molecule has 0 atom stereocenters. The van der Waals surface area contributed by atoms with Gasteiger partial charge >= 0.3 is 5.97 Å². The number of aromatic nitrogens is 2. The minimum atomic E-state index is -0.550. The topological polar surface area (TPSA) is 61.2 Å². The molecule has 0 unspecified atom stereocenters. The summed E-state index contributed by atoms with van der Waals surface area (Å²) in [6.45, 7) is -0.214. The molecule has 5 nitrogen and oxygen atoms in total. The molecule has 0 aliphatic rings. The first-order valence-electron chi connectivity index (χ1n) is 7.44. The number of rotatable bonds is 3. The first kappa shape index (κ1) is 15.8. The number of thiophene rings is 1. The van der Waals surface area contributed by atoms with Crippen LogP contribution in [0.1, 0.15) is 0 Å².